The van der Waals surface area contributed by atoms with Crippen molar-refractivity contribution >= 4 is 12.1 Å². The number of hydrogen-bond donors (Lipinski definition) is 1. The molecular formula is C7H3F4NO. The molecule has 6 heteroatoms. The van der Waals surface area contributed by atoms with Gasteiger partial charge in [-0.2, -0.15) is 0 Å². The van der Waals surface area contributed by atoms with E-state index in [0.29, 0.717) is 0 Å². The van der Waals surface area contributed by atoms with Crippen molar-refractivity contribution in [1.82, 2.24) is 0 Å². The lowest BCUT2D eigenvalue weighted by molar-refractivity contribution is -0.105. The summed E-state index contributed by atoms with van der Waals surface area (Å²) < 4.78 is 50.0. The molecule has 0 spiro atoms. The first-order valence-corrected chi connectivity index (χ1v) is 3.11. The van der Waals surface area contributed by atoms with Gasteiger partial charge in [0.05, 0.1) is 0 Å². The Morgan fingerprint density at radius 2 is 1.69 bits per heavy atom. The van der Waals surface area contributed by atoms with Crippen LogP contribution < -0.4 is 5.32 Å². The molecule has 0 bridgehead atoms. The van der Waals surface area contributed by atoms with Crippen molar-refractivity contribution in [3.05, 3.63) is 29.3 Å². The first-order valence-electron chi connectivity index (χ1n) is 3.11. The Morgan fingerprint density at radius 3 is 2.23 bits per heavy atom. The fourth-order valence-electron chi connectivity index (χ4n) is 0.757. The van der Waals surface area contributed by atoms with E-state index in [1.54, 1.807) is 5.32 Å². The number of halogens is 4. The third-order valence-electron chi connectivity index (χ3n) is 1.32. The van der Waals surface area contributed by atoms with Gasteiger partial charge in [-0.15, -0.1) is 0 Å². The normalized spacial score (nSPS) is 9.85. The zero-order valence-electron chi connectivity index (χ0n) is 6.07. The fourth-order valence-corrected chi connectivity index (χ4v) is 0.757. The molecular weight excluding hydrogens is 190 g/mol. The lowest BCUT2D eigenvalue weighted by Gasteiger charge is -2.03. The first-order chi connectivity index (χ1) is 6.07. The largest absolute Gasteiger partial charge is 0.324 e. The first kappa shape index (κ1) is 9.50. The van der Waals surface area contributed by atoms with Gasteiger partial charge in [0.1, 0.15) is 5.69 Å². The maximum absolute atomic E-state index is 12.6. The second kappa shape index (κ2) is 3.42. The van der Waals surface area contributed by atoms with Gasteiger partial charge in [0.15, 0.2) is 23.3 Å². The number of amides is 1. The van der Waals surface area contributed by atoms with Crippen LogP contribution in [-0.2, 0) is 4.79 Å². The third kappa shape index (κ3) is 1.61. The van der Waals surface area contributed by atoms with Gasteiger partial charge >= 0.3 is 0 Å². The minimum atomic E-state index is -1.83. The van der Waals surface area contributed by atoms with Crippen LogP contribution in [0, 0.1) is 23.3 Å². The van der Waals surface area contributed by atoms with Crippen LogP contribution >= 0.6 is 0 Å². The van der Waals surface area contributed by atoms with E-state index in [0.717, 1.165) is 0 Å². The van der Waals surface area contributed by atoms with Crippen LogP contribution in [0.1, 0.15) is 0 Å². The summed E-state index contributed by atoms with van der Waals surface area (Å²) in [6, 6.07) is 0.143. The SMILES string of the molecule is O=CNc1c(F)cc(F)c(F)c1F. The molecule has 0 saturated heterocycles. The van der Waals surface area contributed by atoms with Crippen LogP contribution in [-0.4, -0.2) is 6.41 Å². The highest BCUT2D eigenvalue weighted by Crippen LogP contribution is 2.22. The summed E-state index contributed by atoms with van der Waals surface area (Å²) in [6.45, 7) is 0. The predicted octanol–water partition coefficient (Wildman–Crippen LogP) is 1.81. The lowest BCUT2D eigenvalue weighted by atomic mass is 10.2. The Hall–Kier alpha value is -1.59. The van der Waals surface area contributed by atoms with Gasteiger partial charge in [-0.1, -0.05) is 0 Å². The molecule has 0 aliphatic rings. The summed E-state index contributed by atoms with van der Waals surface area (Å²) in [5, 5.41) is 1.57. The molecule has 70 valence electrons. The Morgan fingerprint density at radius 1 is 1.08 bits per heavy atom. The molecule has 0 aliphatic carbocycles. The van der Waals surface area contributed by atoms with E-state index in [4.69, 9.17) is 0 Å². The van der Waals surface area contributed by atoms with Crippen molar-refractivity contribution in [3.63, 3.8) is 0 Å². The number of hydrogen-bond acceptors (Lipinski definition) is 1. The average molecular weight is 193 g/mol. The van der Waals surface area contributed by atoms with E-state index >= 15 is 0 Å². The van der Waals surface area contributed by atoms with Crippen LogP contribution in [0.3, 0.4) is 0 Å². The van der Waals surface area contributed by atoms with Gasteiger partial charge in [-0.3, -0.25) is 4.79 Å². The quantitative estimate of drug-likeness (QED) is 0.330. The summed E-state index contributed by atoms with van der Waals surface area (Å²) in [6.07, 6.45) is -0.0428. The maximum atomic E-state index is 12.6. The van der Waals surface area contributed by atoms with Gasteiger partial charge in [-0.25, -0.2) is 17.6 Å². The van der Waals surface area contributed by atoms with Crippen LogP contribution in [0.15, 0.2) is 6.07 Å². The molecule has 1 amide bonds. The molecule has 0 aromatic heterocycles. The van der Waals surface area contributed by atoms with Gasteiger partial charge in [0.25, 0.3) is 0 Å². The summed E-state index contributed by atoms with van der Waals surface area (Å²) in [4.78, 5) is 9.81. The van der Waals surface area contributed by atoms with Gasteiger partial charge in [0.2, 0.25) is 6.41 Å². The molecule has 0 saturated carbocycles. The Kier molecular flexibility index (Phi) is 2.50. The van der Waals surface area contributed by atoms with Crippen molar-refractivity contribution < 1.29 is 22.4 Å². The minimum absolute atomic E-state index is 0.0428. The highest BCUT2D eigenvalue weighted by molar-refractivity contribution is 5.71. The molecule has 0 heterocycles. The maximum Gasteiger partial charge on any atom is 0.211 e. The van der Waals surface area contributed by atoms with Crippen LogP contribution in [0.25, 0.3) is 0 Å². The Balaban J connectivity index is 3.34. The van der Waals surface area contributed by atoms with E-state index in [2.05, 4.69) is 0 Å². The van der Waals surface area contributed by atoms with Crippen LogP contribution in [0.2, 0.25) is 0 Å². The average Bonchev–Trinajstić information content (AvgIpc) is 2.09. The van der Waals surface area contributed by atoms with E-state index in [1.807, 2.05) is 0 Å². The highest BCUT2D eigenvalue weighted by Gasteiger charge is 2.18. The Bertz CT molecular complexity index is 353. The van der Waals surface area contributed by atoms with Gasteiger partial charge in [0, 0.05) is 6.07 Å². The zero-order valence-corrected chi connectivity index (χ0v) is 6.07. The topological polar surface area (TPSA) is 29.1 Å². The number of anilines is 1. The van der Waals surface area contributed by atoms with Gasteiger partial charge < -0.3 is 5.32 Å². The molecule has 1 N–H and O–H groups in total. The summed E-state index contributed by atoms with van der Waals surface area (Å²) in [5.74, 6) is -6.61. The molecule has 13 heavy (non-hydrogen) atoms. The second-order valence-corrected chi connectivity index (χ2v) is 2.11. The molecule has 0 radical (unpaired) electrons. The van der Waals surface area contributed by atoms with Crippen molar-refractivity contribution in [2.24, 2.45) is 0 Å². The standard InChI is InChI=1S/C7H3F4NO/c8-3-1-4(9)7(12-2-13)6(11)5(3)10/h1-2H,(H,12,13). The van der Waals surface area contributed by atoms with Crippen molar-refractivity contribution in [2.45, 2.75) is 0 Å². The van der Waals surface area contributed by atoms with E-state index < -0.39 is 29.0 Å². The summed E-state index contributed by atoms with van der Waals surface area (Å²) in [5.41, 5.74) is -1.01. The van der Waals surface area contributed by atoms with Crippen molar-refractivity contribution in [3.8, 4) is 0 Å². The molecule has 0 fully saturated rings. The number of carbonyl (C=O) groups is 1. The minimum Gasteiger partial charge on any atom is -0.324 e. The molecule has 1 rings (SSSR count). The monoisotopic (exact) mass is 193 g/mol. The zero-order chi connectivity index (χ0) is 10.0. The number of carbonyl (C=O) groups excluding carboxylic acids is 1. The summed E-state index contributed by atoms with van der Waals surface area (Å²) >= 11 is 0. The van der Waals surface area contributed by atoms with E-state index in [1.165, 1.54) is 0 Å². The predicted molar refractivity (Wildman–Crippen MR) is 36.0 cm³/mol. The van der Waals surface area contributed by atoms with Crippen LogP contribution in [0.4, 0.5) is 23.2 Å². The molecule has 0 atom stereocenters. The number of rotatable bonds is 2. The molecule has 1 aromatic carbocycles. The fraction of sp³-hybridized carbons (Fsp3) is 0. The lowest BCUT2D eigenvalue weighted by Crippen LogP contribution is -2.04. The number of nitrogens with one attached hydrogen (secondary N) is 1. The molecule has 0 aliphatic heterocycles. The molecule has 0 unspecified atom stereocenters. The smallest absolute Gasteiger partial charge is 0.211 e. The second-order valence-electron chi connectivity index (χ2n) is 2.11. The summed E-state index contributed by atoms with van der Waals surface area (Å²) in [7, 11) is 0. The van der Waals surface area contributed by atoms with E-state index in [-0.39, 0.29) is 12.5 Å². The third-order valence-corrected chi connectivity index (χ3v) is 1.32. The number of benzene rings is 1. The van der Waals surface area contributed by atoms with Crippen molar-refractivity contribution in [2.75, 3.05) is 5.32 Å². The van der Waals surface area contributed by atoms with Gasteiger partial charge in [-0.05, 0) is 0 Å². The van der Waals surface area contributed by atoms with E-state index in [9.17, 15) is 22.4 Å². The highest BCUT2D eigenvalue weighted by atomic mass is 19.2. The van der Waals surface area contributed by atoms with Crippen LogP contribution in [0.5, 0.6) is 0 Å². The molecule has 1 aromatic rings. The molecule has 2 nitrogen and oxygen atoms in total. The Labute approximate surface area is 70.2 Å². The van der Waals surface area contributed by atoms with Crippen molar-refractivity contribution in [1.29, 1.82) is 0 Å².